The van der Waals surface area contributed by atoms with Gasteiger partial charge in [0.05, 0.1) is 13.0 Å². The van der Waals surface area contributed by atoms with Gasteiger partial charge in [-0.05, 0) is 43.5 Å². The van der Waals surface area contributed by atoms with Crippen LogP contribution in [0.3, 0.4) is 0 Å². The fourth-order valence-electron chi connectivity index (χ4n) is 1.57. The average Bonchev–Trinajstić information content (AvgIpc) is 2.21. The van der Waals surface area contributed by atoms with Gasteiger partial charge in [-0.1, -0.05) is 17.7 Å². The molecule has 0 radical (unpaired) electrons. The number of hydrogen-bond acceptors (Lipinski definition) is 2. The van der Waals surface area contributed by atoms with Gasteiger partial charge >= 0.3 is 5.97 Å². The molecule has 0 bridgehead atoms. The first-order chi connectivity index (χ1) is 6.97. The number of aryl methyl sites for hydroxylation is 2. The van der Waals surface area contributed by atoms with Crippen molar-refractivity contribution in [1.82, 2.24) is 0 Å². The zero-order chi connectivity index (χ0) is 11.6. The molecule has 15 heavy (non-hydrogen) atoms. The molecule has 1 atom stereocenters. The van der Waals surface area contributed by atoms with E-state index in [-0.39, 0.29) is 11.9 Å². The average molecular weight is 227 g/mol. The van der Waals surface area contributed by atoms with Crippen LogP contribution in [0.4, 0.5) is 0 Å². The molecule has 0 fully saturated rings. The van der Waals surface area contributed by atoms with Crippen LogP contribution in [0.2, 0.25) is 5.02 Å². The number of ether oxygens (including phenoxy) is 1. The van der Waals surface area contributed by atoms with Crippen LogP contribution in [0, 0.1) is 13.8 Å². The summed E-state index contributed by atoms with van der Waals surface area (Å²) in [4.78, 5) is 11.4. The number of esters is 1. The van der Waals surface area contributed by atoms with Gasteiger partial charge in [-0.3, -0.25) is 4.79 Å². The largest absolute Gasteiger partial charge is 0.469 e. The molecule has 1 aromatic rings. The summed E-state index contributed by atoms with van der Waals surface area (Å²) in [7, 11) is 1.40. The van der Waals surface area contributed by atoms with Crippen molar-refractivity contribution in [3.63, 3.8) is 0 Å². The number of benzene rings is 1. The molecule has 1 rings (SSSR count). The van der Waals surface area contributed by atoms with Crippen molar-refractivity contribution in [3.8, 4) is 0 Å². The minimum absolute atomic E-state index is 0.222. The highest BCUT2D eigenvalue weighted by Gasteiger charge is 2.18. The second kappa shape index (κ2) is 4.67. The molecule has 0 saturated heterocycles. The van der Waals surface area contributed by atoms with Crippen LogP contribution >= 0.6 is 11.6 Å². The highest BCUT2D eigenvalue weighted by molar-refractivity contribution is 6.31. The molecular formula is C12H15ClO2. The third kappa shape index (κ3) is 2.51. The molecule has 0 saturated carbocycles. The molecule has 0 N–H and O–H groups in total. The highest BCUT2D eigenvalue weighted by atomic mass is 35.5. The maximum absolute atomic E-state index is 11.4. The topological polar surface area (TPSA) is 26.3 Å². The van der Waals surface area contributed by atoms with Crippen molar-refractivity contribution in [3.05, 3.63) is 33.8 Å². The van der Waals surface area contributed by atoms with Crippen molar-refractivity contribution in [1.29, 1.82) is 0 Å². The smallest absolute Gasteiger partial charge is 0.312 e. The van der Waals surface area contributed by atoms with Crippen LogP contribution in [0.25, 0.3) is 0 Å². The summed E-state index contributed by atoms with van der Waals surface area (Å²) in [6.07, 6.45) is 0. The van der Waals surface area contributed by atoms with Gasteiger partial charge in [0.25, 0.3) is 0 Å². The van der Waals surface area contributed by atoms with Gasteiger partial charge in [-0.2, -0.15) is 0 Å². The zero-order valence-corrected chi connectivity index (χ0v) is 10.2. The highest BCUT2D eigenvalue weighted by Crippen LogP contribution is 2.26. The molecule has 2 nitrogen and oxygen atoms in total. The number of halogens is 1. The van der Waals surface area contributed by atoms with Gasteiger partial charge in [0.2, 0.25) is 0 Å². The minimum atomic E-state index is -0.244. The number of carbonyl (C=O) groups is 1. The fourth-order valence-corrected chi connectivity index (χ4v) is 1.79. The summed E-state index contributed by atoms with van der Waals surface area (Å²) in [5.74, 6) is -0.467. The van der Waals surface area contributed by atoms with Gasteiger partial charge in [-0.15, -0.1) is 0 Å². The van der Waals surface area contributed by atoms with Crippen molar-refractivity contribution < 1.29 is 9.53 Å². The first-order valence-electron chi connectivity index (χ1n) is 4.81. The van der Waals surface area contributed by atoms with Gasteiger partial charge in [0.15, 0.2) is 0 Å². The maximum atomic E-state index is 11.4. The molecule has 0 spiro atoms. The Labute approximate surface area is 95.2 Å². The molecule has 0 aromatic heterocycles. The third-order valence-electron chi connectivity index (χ3n) is 2.57. The van der Waals surface area contributed by atoms with Crippen LogP contribution in [-0.2, 0) is 9.53 Å². The first-order valence-corrected chi connectivity index (χ1v) is 5.19. The van der Waals surface area contributed by atoms with Crippen molar-refractivity contribution in [2.75, 3.05) is 7.11 Å². The summed E-state index contributed by atoms with van der Waals surface area (Å²) < 4.78 is 4.72. The van der Waals surface area contributed by atoms with Crippen LogP contribution in [-0.4, -0.2) is 13.1 Å². The SMILES string of the molecule is COC(=O)C(C)c1cc(C)c(Cl)cc1C. The Bertz CT molecular complexity index is 385. The lowest BCUT2D eigenvalue weighted by Gasteiger charge is -2.14. The van der Waals surface area contributed by atoms with Crippen LogP contribution < -0.4 is 0 Å². The lowest BCUT2D eigenvalue weighted by atomic mass is 9.95. The summed E-state index contributed by atoms with van der Waals surface area (Å²) in [6.45, 7) is 5.71. The van der Waals surface area contributed by atoms with E-state index in [4.69, 9.17) is 16.3 Å². The van der Waals surface area contributed by atoms with E-state index in [2.05, 4.69) is 0 Å². The fraction of sp³-hybridized carbons (Fsp3) is 0.417. The van der Waals surface area contributed by atoms with E-state index in [0.717, 1.165) is 21.7 Å². The van der Waals surface area contributed by atoms with Crippen molar-refractivity contribution >= 4 is 17.6 Å². The Balaban J connectivity index is 3.14. The lowest BCUT2D eigenvalue weighted by Crippen LogP contribution is -2.12. The maximum Gasteiger partial charge on any atom is 0.312 e. The second-order valence-electron chi connectivity index (χ2n) is 3.70. The van der Waals surface area contributed by atoms with Gasteiger partial charge in [0, 0.05) is 5.02 Å². The number of hydrogen-bond donors (Lipinski definition) is 0. The molecule has 82 valence electrons. The van der Waals surface area contributed by atoms with E-state index in [1.54, 1.807) is 0 Å². The number of carbonyl (C=O) groups excluding carboxylic acids is 1. The molecule has 1 unspecified atom stereocenters. The zero-order valence-electron chi connectivity index (χ0n) is 9.43. The molecule has 1 aromatic carbocycles. The van der Waals surface area contributed by atoms with Crippen molar-refractivity contribution in [2.24, 2.45) is 0 Å². The quantitative estimate of drug-likeness (QED) is 0.724. The Morgan fingerprint density at radius 1 is 1.33 bits per heavy atom. The third-order valence-corrected chi connectivity index (χ3v) is 2.98. The summed E-state index contributed by atoms with van der Waals surface area (Å²) in [6, 6.07) is 3.82. The van der Waals surface area contributed by atoms with E-state index in [9.17, 15) is 4.79 Å². The van der Waals surface area contributed by atoms with E-state index in [1.165, 1.54) is 7.11 Å². The Kier molecular flexibility index (Phi) is 3.75. The van der Waals surface area contributed by atoms with Crippen LogP contribution in [0.15, 0.2) is 12.1 Å². The molecule has 3 heteroatoms. The standard InChI is InChI=1S/C12H15ClO2/c1-7-6-11(13)8(2)5-10(7)9(3)12(14)15-4/h5-6,9H,1-4H3. The summed E-state index contributed by atoms with van der Waals surface area (Å²) in [5.41, 5.74) is 2.97. The molecule has 0 amide bonds. The first kappa shape index (κ1) is 12.1. The number of rotatable bonds is 2. The predicted molar refractivity (Wildman–Crippen MR) is 61.4 cm³/mol. The van der Waals surface area contributed by atoms with Gasteiger partial charge in [0.1, 0.15) is 0 Å². The normalized spacial score (nSPS) is 12.3. The minimum Gasteiger partial charge on any atom is -0.469 e. The summed E-state index contributed by atoms with van der Waals surface area (Å²) in [5, 5.41) is 0.730. The molecule has 0 aliphatic rings. The van der Waals surface area contributed by atoms with Crippen LogP contribution in [0.5, 0.6) is 0 Å². The van der Waals surface area contributed by atoms with E-state index in [0.29, 0.717) is 0 Å². The Hall–Kier alpha value is -1.02. The predicted octanol–water partition coefficient (Wildman–Crippen LogP) is 3.23. The lowest BCUT2D eigenvalue weighted by molar-refractivity contribution is -0.142. The van der Waals surface area contributed by atoms with E-state index in [1.807, 2.05) is 32.9 Å². The Morgan fingerprint density at radius 3 is 2.47 bits per heavy atom. The number of methoxy groups -OCH3 is 1. The summed E-state index contributed by atoms with van der Waals surface area (Å²) >= 11 is 5.99. The van der Waals surface area contributed by atoms with E-state index < -0.39 is 0 Å². The molecule has 0 aliphatic carbocycles. The molecule has 0 aliphatic heterocycles. The van der Waals surface area contributed by atoms with Gasteiger partial charge < -0.3 is 4.74 Å². The van der Waals surface area contributed by atoms with Crippen molar-refractivity contribution in [2.45, 2.75) is 26.7 Å². The van der Waals surface area contributed by atoms with Gasteiger partial charge in [-0.25, -0.2) is 0 Å². The molecular weight excluding hydrogens is 212 g/mol. The Morgan fingerprint density at radius 2 is 1.93 bits per heavy atom. The van der Waals surface area contributed by atoms with Crippen LogP contribution in [0.1, 0.15) is 29.5 Å². The monoisotopic (exact) mass is 226 g/mol. The molecule has 0 heterocycles. The van der Waals surface area contributed by atoms with E-state index >= 15 is 0 Å². The second-order valence-corrected chi connectivity index (χ2v) is 4.11.